The molecule has 0 radical (unpaired) electrons. The molecule has 4 nitrogen and oxygen atoms in total. The van der Waals surface area contributed by atoms with Crippen molar-refractivity contribution in [1.82, 2.24) is 0 Å². The van der Waals surface area contributed by atoms with Crippen LogP contribution in [0.15, 0.2) is 29.5 Å². The molecule has 0 N–H and O–H groups in total. The van der Waals surface area contributed by atoms with Gasteiger partial charge in [0.15, 0.2) is 12.1 Å². The highest BCUT2D eigenvalue weighted by molar-refractivity contribution is 7.07. The Morgan fingerprint density at radius 3 is 3.00 bits per heavy atom. The molecule has 1 aromatic rings. The Morgan fingerprint density at radius 1 is 1.45 bits per heavy atom. The molecule has 5 heteroatoms. The third-order valence-electron chi connectivity index (χ3n) is 3.51. The zero-order valence-corrected chi connectivity index (χ0v) is 12.6. The fourth-order valence-corrected chi connectivity index (χ4v) is 3.32. The van der Waals surface area contributed by atoms with E-state index < -0.39 is 5.79 Å². The highest BCUT2D eigenvalue weighted by Gasteiger charge is 2.54. The zero-order valence-electron chi connectivity index (χ0n) is 11.8. The molecular formula is C15H20O4S. The summed E-state index contributed by atoms with van der Waals surface area (Å²) in [4.78, 5) is 0. The molecule has 2 fully saturated rings. The van der Waals surface area contributed by atoms with Gasteiger partial charge in [-0.1, -0.05) is 6.08 Å². The van der Waals surface area contributed by atoms with Crippen LogP contribution < -0.4 is 0 Å². The first-order valence-corrected chi connectivity index (χ1v) is 7.78. The minimum absolute atomic E-state index is 0.0581. The van der Waals surface area contributed by atoms with Crippen LogP contribution in [0.3, 0.4) is 0 Å². The first kappa shape index (κ1) is 14.2. The van der Waals surface area contributed by atoms with E-state index in [0.717, 1.165) is 6.42 Å². The summed E-state index contributed by atoms with van der Waals surface area (Å²) in [5.41, 5.74) is 1.17. The third kappa shape index (κ3) is 2.82. The van der Waals surface area contributed by atoms with Gasteiger partial charge in [-0.2, -0.15) is 11.3 Å². The second kappa shape index (κ2) is 5.58. The summed E-state index contributed by atoms with van der Waals surface area (Å²) in [6.07, 6.45) is 1.87. The SMILES string of the molecule is C=CC[C@H]1O[C@@H]2OC(C)(C)O[C@@H]2[C@H]1OCc1ccsc1. The van der Waals surface area contributed by atoms with Gasteiger partial charge in [-0.25, -0.2) is 0 Å². The summed E-state index contributed by atoms with van der Waals surface area (Å²) in [5, 5.41) is 4.14. The quantitative estimate of drug-likeness (QED) is 0.783. The minimum Gasteiger partial charge on any atom is -0.368 e. The molecule has 0 aromatic carbocycles. The van der Waals surface area contributed by atoms with Gasteiger partial charge in [0.1, 0.15) is 12.2 Å². The van der Waals surface area contributed by atoms with Gasteiger partial charge >= 0.3 is 0 Å². The lowest BCUT2D eigenvalue weighted by Crippen LogP contribution is -2.36. The van der Waals surface area contributed by atoms with Crippen molar-refractivity contribution >= 4 is 11.3 Å². The van der Waals surface area contributed by atoms with Crippen molar-refractivity contribution in [2.45, 2.75) is 57.3 Å². The fraction of sp³-hybridized carbons (Fsp3) is 0.600. The molecule has 0 bridgehead atoms. The average Bonchev–Trinajstić information content (AvgIpc) is 3.03. The lowest BCUT2D eigenvalue weighted by atomic mass is 10.1. The Kier molecular flexibility index (Phi) is 3.97. The Morgan fingerprint density at radius 2 is 2.30 bits per heavy atom. The summed E-state index contributed by atoms with van der Waals surface area (Å²) in [5.74, 6) is -0.613. The standard InChI is InChI=1S/C15H20O4S/c1-4-5-11-12(16-8-10-6-7-20-9-10)13-14(17-11)19-15(2,3)18-13/h4,6-7,9,11-14H,1,5,8H2,2-3H3/t11-,12+,13-,14-/m1/s1. The first-order chi connectivity index (χ1) is 9.59. The van der Waals surface area contributed by atoms with E-state index >= 15 is 0 Å². The Balaban J connectivity index is 1.68. The second-order valence-electron chi connectivity index (χ2n) is 5.57. The van der Waals surface area contributed by atoms with Gasteiger partial charge in [0.05, 0.1) is 12.7 Å². The topological polar surface area (TPSA) is 36.9 Å². The number of hydrogen-bond donors (Lipinski definition) is 0. The van der Waals surface area contributed by atoms with Crippen molar-refractivity contribution in [2.24, 2.45) is 0 Å². The summed E-state index contributed by atoms with van der Waals surface area (Å²) < 4.78 is 23.6. The summed E-state index contributed by atoms with van der Waals surface area (Å²) >= 11 is 1.67. The van der Waals surface area contributed by atoms with Crippen LogP contribution in [0.4, 0.5) is 0 Å². The summed E-state index contributed by atoms with van der Waals surface area (Å²) in [6.45, 7) is 8.14. The van der Waals surface area contributed by atoms with Gasteiger partial charge in [-0.05, 0) is 42.7 Å². The van der Waals surface area contributed by atoms with Gasteiger partial charge in [-0.15, -0.1) is 6.58 Å². The molecule has 0 saturated carbocycles. The predicted molar refractivity (Wildman–Crippen MR) is 76.4 cm³/mol. The second-order valence-corrected chi connectivity index (χ2v) is 6.35. The molecule has 0 unspecified atom stereocenters. The van der Waals surface area contributed by atoms with Crippen molar-refractivity contribution in [3.8, 4) is 0 Å². The van der Waals surface area contributed by atoms with Crippen molar-refractivity contribution in [3.05, 3.63) is 35.0 Å². The highest BCUT2D eigenvalue weighted by Crippen LogP contribution is 2.39. The van der Waals surface area contributed by atoms with E-state index in [0.29, 0.717) is 6.61 Å². The van der Waals surface area contributed by atoms with Crippen LogP contribution in [0.5, 0.6) is 0 Å². The van der Waals surface area contributed by atoms with Crippen LogP contribution in [-0.2, 0) is 25.6 Å². The van der Waals surface area contributed by atoms with Crippen LogP contribution in [0.25, 0.3) is 0 Å². The summed E-state index contributed by atoms with van der Waals surface area (Å²) in [7, 11) is 0. The van der Waals surface area contributed by atoms with Crippen molar-refractivity contribution in [2.75, 3.05) is 0 Å². The van der Waals surface area contributed by atoms with E-state index in [4.69, 9.17) is 18.9 Å². The van der Waals surface area contributed by atoms with Crippen LogP contribution in [0.1, 0.15) is 25.8 Å². The average molecular weight is 296 g/mol. The largest absolute Gasteiger partial charge is 0.368 e. The van der Waals surface area contributed by atoms with E-state index in [9.17, 15) is 0 Å². The van der Waals surface area contributed by atoms with Gasteiger partial charge in [0.2, 0.25) is 0 Å². The van der Waals surface area contributed by atoms with Crippen molar-refractivity contribution in [3.63, 3.8) is 0 Å². The molecule has 20 heavy (non-hydrogen) atoms. The monoisotopic (exact) mass is 296 g/mol. The third-order valence-corrected chi connectivity index (χ3v) is 4.24. The number of hydrogen-bond acceptors (Lipinski definition) is 5. The van der Waals surface area contributed by atoms with Crippen LogP contribution in [0.2, 0.25) is 0 Å². The molecule has 2 aliphatic rings. The number of ether oxygens (including phenoxy) is 4. The lowest BCUT2D eigenvalue weighted by molar-refractivity contribution is -0.218. The normalized spacial score (nSPS) is 35.1. The molecule has 110 valence electrons. The van der Waals surface area contributed by atoms with Gasteiger partial charge in [0.25, 0.3) is 0 Å². The maximum Gasteiger partial charge on any atom is 0.190 e. The molecule has 2 aliphatic heterocycles. The van der Waals surface area contributed by atoms with Crippen molar-refractivity contribution in [1.29, 1.82) is 0 Å². The highest BCUT2D eigenvalue weighted by atomic mass is 32.1. The van der Waals surface area contributed by atoms with Gasteiger partial charge in [0, 0.05) is 0 Å². The fourth-order valence-electron chi connectivity index (χ4n) is 2.67. The molecule has 1 aromatic heterocycles. The zero-order chi connectivity index (χ0) is 14.2. The number of thiophene rings is 1. The molecule has 2 saturated heterocycles. The van der Waals surface area contributed by atoms with E-state index in [1.54, 1.807) is 11.3 Å². The van der Waals surface area contributed by atoms with E-state index in [-0.39, 0.29) is 24.6 Å². The summed E-state index contributed by atoms with van der Waals surface area (Å²) in [6, 6.07) is 2.07. The first-order valence-electron chi connectivity index (χ1n) is 6.84. The van der Waals surface area contributed by atoms with E-state index in [1.807, 2.05) is 25.3 Å². The maximum atomic E-state index is 6.05. The van der Waals surface area contributed by atoms with E-state index in [2.05, 4.69) is 18.0 Å². The maximum absolute atomic E-state index is 6.05. The van der Waals surface area contributed by atoms with Crippen molar-refractivity contribution < 1.29 is 18.9 Å². The van der Waals surface area contributed by atoms with Crippen LogP contribution in [-0.4, -0.2) is 30.4 Å². The molecule has 4 atom stereocenters. The Labute approximate surface area is 123 Å². The smallest absolute Gasteiger partial charge is 0.190 e. The lowest BCUT2D eigenvalue weighted by Gasteiger charge is -2.25. The molecule has 0 aliphatic carbocycles. The van der Waals surface area contributed by atoms with Gasteiger partial charge in [-0.3, -0.25) is 0 Å². The molecule has 3 rings (SSSR count). The number of rotatable bonds is 5. The molecular weight excluding hydrogens is 276 g/mol. The Hall–Kier alpha value is -0.720. The van der Waals surface area contributed by atoms with E-state index in [1.165, 1.54) is 5.56 Å². The minimum atomic E-state index is -0.613. The van der Waals surface area contributed by atoms with Crippen LogP contribution >= 0.6 is 11.3 Å². The molecule has 3 heterocycles. The predicted octanol–water partition coefficient (Wildman–Crippen LogP) is 3.09. The van der Waals surface area contributed by atoms with Crippen LogP contribution in [0, 0.1) is 0 Å². The molecule has 0 amide bonds. The molecule has 0 spiro atoms. The van der Waals surface area contributed by atoms with Gasteiger partial charge < -0.3 is 18.9 Å². The Bertz CT molecular complexity index is 456. The number of fused-ring (bicyclic) bond motifs is 1.